The molecule has 4 heteroatoms. The van der Waals surface area contributed by atoms with Crippen LogP contribution in [-0.2, 0) is 13.0 Å². The van der Waals surface area contributed by atoms with Gasteiger partial charge in [0.25, 0.3) is 0 Å². The molecule has 0 amide bonds. The topological polar surface area (TPSA) is 37.8 Å². The van der Waals surface area contributed by atoms with Gasteiger partial charge in [-0.15, -0.1) is 0 Å². The van der Waals surface area contributed by atoms with Gasteiger partial charge in [0.15, 0.2) is 5.82 Å². The van der Waals surface area contributed by atoms with Crippen LogP contribution in [0.4, 0.5) is 0 Å². The minimum atomic E-state index is 0.444. The molecule has 2 aromatic rings. The number of nitrogens with zero attached hydrogens (tertiary/aromatic N) is 2. The number of hydrogen-bond acceptors (Lipinski definition) is 4. The SMILES string of the molecule is CC(C)c1nc(-c2ccsc2)nc2c1CNCC2. The fourth-order valence-electron chi connectivity index (χ4n) is 2.37. The van der Waals surface area contributed by atoms with Crippen molar-refractivity contribution in [3.63, 3.8) is 0 Å². The maximum absolute atomic E-state index is 4.78. The van der Waals surface area contributed by atoms with E-state index in [0.29, 0.717) is 5.92 Å². The van der Waals surface area contributed by atoms with Crippen molar-refractivity contribution in [2.24, 2.45) is 0 Å². The third kappa shape index (κ3) is 2.06. The van der Waals surface area contributed by atoms with Crippen molar-refractivity contribution >= 4 is 11.3 Å². The Balaban J connectivity index is 2.15. The molecular weight excluding hydrogens is 242 g/mol. The lowest BCUT2D eigenvalue weighted by atomic mass is 9.98. The second-order valence-corrected chi connectivity index (χ2v) is 5.73. The molecule has 0 spiro atoms. The number of rotatable bonds is 2. The quantitative estimate of drug-likeness (QED) is 0.901. The van der Waals surface area contributed by atoms with Crippen LogP contribution in [-0.4, -0.2) is 16.5 Å². The Labute approximate surface area is 111 Å². The number of aromatic nitrogens is 2. The Hall–Kier alpha value is -1.26. The summed E-state index contributed by atoms with van der Waals surface area (Å²) in [4.78, 5) is 9.54. The number of hydrogen-bond donors (Lipinski definition) is 1. The van der Waals surface area contributed by atoms with Gasteiger partial charge in [0.2, 0.25) is 0 Å². The molecule has 1 aliphatic heterocycles. The Bertz CT molecular complexity index is 546. The van der Waals surface area contributed by atoms with Crippen LogP contribution in [0.1, 0.15) is 36.7 Å². The highest BCUT2D eigenvalue weighted by atomic mass is 32.1. The summed E-state index contributed by atoms with van der Waals surface area (Å²) < 4.78 is 0. The van der Waals surface area contributed by atoms with Gasteiger partial charge in [0, 0.05) is 36.0 Å². The zero-order chi connectivity index (χ0) is 12.5. The Morgan fingerprint density at radius 1 is 1.33 bits per heavy atom. The van der Waals surface area contributed by atoms with Gasteiger partial charge in [-0.3, -0.25) is 0 Å². The van der Waals surface area contributed by atoms with E-state index in [9.17, 15) is 0 Å². The van der Waals surface area contributed by atoms with Crippen LogP contribution in [0.3, 0.4) is 0 Å². The van der Waals surface area contributed by atoms with Crippen LogP contribution in [0.25, 0.3) is 11.4 Å². The van der Waals surface area contributed by atoms with E-state index in [1.807, 2.05) is 0 Å². The molecule has 0 aliphatic carbocycles. The Morgan fingerprint density at radius 3 is 2.94 bits per heavy atom. The molecule has 0 saturated heterocycles. The maximum Gasteiger partial charge on any atom is 0.160 e. The molecule has 0 bridgehead atoms. The normalized spacial score (nSPS) is 14.8. The van der Waals surface area contributed by atoms with Crippen molar-refractivity contribution in [1.82, 2.24) is 15.3 Å². The summed E-state index contributed by atoms with van der Waals surface area (Å²) in [5, 5.41) is 7.61. The fraction of sp³-hybridized carbons (Fsp3) is 0.429. The van der Waals surface area contributed by atoms with E-state index < -0.39 is 0 Å². The molecule has 18 heavy (non-hydrogen) atoms. The lowest BCUT2D eigenvalue weighted by Gasteiger charge is -2.21. The van der Waals surface area contributed by atoms with Crippen molar-refractivity contribution in [3.8, 4) is 11.4 Å². The van der Waals surface area contributed by atoms with E-state index in [2.05, 4.69) is 36.0 Å². The van der Waals surface area contributed by atoms with Gasteiger partial charge in [0.1, 0.15) is 0 Å². The summed E-state index contributed by atoms with van der Waals surface area (Å²) >= 11 is 1.69. The molecule has 0 radical (unpaired) electrons. The van der Waals surface area contributed by atoms with Gasteiger partial charge in [-0.05, 0) is 17.4 Å². The minimum absolute atomic E-state index is 0.444. The third-order valence-corrected chi connectivity index (χ3v) is 3.97. The van der Waals surface area contributed by atoms with Crippen LogP contribution in [0.5, 0.6) is 0 Å². The maximum atomic E-state index is 4.78. The molecule has 94 valence electrons. The van der Waals surface area contributed by atoms with Crippen molar-refractivity contribution in [1.29, 1.82) is 0 Å². The predicted molar refractivity (Wildman–Crippen MR) is 74.8 cm³/mol. The fourth-order valence-corrected chi connectivity index (χ4v) is 3.00. The highest BCUT2D eigenvalue weighted by Crippen LogP contribution is 2.26. The van der Waals surface area contributed by atoms with Crippen LogP contribution in [0.2, 0.25) is 0 Å². The van der Waals surface area contributed by atoms with Gasteiger partial charge in [-0.25, -0.2) is 9.97 Å². The number of thiophene rings is 1. The predicted octanol–water partition coefficient (Wildman–Crippen LogP) is 2.97. The van der Waals surface area contributed by atoms with Gasteiger partial charge < -0.3 is 5.32 Å². The monoisotopic (exact) mass is 259 g/mol. The smallest absolute Gasteiger partial charge is 0.160 e. The molecule has 1 aliphatic rings. The molecule has 0 atom stereocenters. The molecule has 3 nitrogen and oxygen atoms in total. The largest absolute Gasteiger partial charge is 0.312 e. The van der Waals surface area contributed by atoms with E-state index in [4.69, 9.17) is 9.97 Å². The van der Waals surface area contributed by atoms with Gasteiger partial charge in [-0.2, -0.15) is 11.3 Å². The summed E-state index contributed by atoms with van der Waals surface area (Å²) in [6.45, 7) is 6.33. The summed E-state index contributed by atoms with van der Waals surface area (Å²) in [5.74, 6) is 1.33. The number of fused-ring (bicyclic) bond motifs is 1. The molecule has 1 N–H and O–H groups in total. The molecule has 0 saturated carbocycles. The first kappa shape index (κ1) is 11.8. The third-order valence-electron chi connectivity index (χ3n) is 3.29. The van der Waals surface area contributed by atoms with Crippen LogP contribution >= 0.6 is 11.3 Å². The van der Waals surface area contributed by atoms with E-state index in [-0.39, 0.29) is 0 Å². The lowest BCUT2D eigenvalue weighted by Crippen LogP contribution is -2.27. The Morgan fingerprint density at radius 2 is 2.22 bits per heavy atom. The van der Waals surface area contributed by atoms with E-state index in [1.54, 1.807) is 11.3 Å². The average Bonchev–Trinajstić information content (AvgIpc) is 2.91. The van der Waals surface area contributed by atoms with E-state index in [0.717, 1.165) is 30.9 Å². The summed E-state index contributed by atoms with van der Waals surface area (Å²) in [6.07, 6.45) is 1.01. The van der Waals surface area contributed by atoms with Gasteiger partial charge in [-0.1, -0.05) is 13.8 Å². The van der Waals surface area contributed by atoms with Crippen molar-refractivity contribution in [2.75, 3.05) is 6.54 Å². The molecule has 0 aromatic carbocycles. The first-order valence-corrected chi connectivity index (χ1v) is 7.33. The van der Waals surface area contributed by atoms with Gasteiger partial charge >= 0.3 is 0 Å². The zero-order valence-corrected chi connectivity index (χ0v) is 11.5. The lowest BCUT2D eigenvalue weighted by molar-refractivity contribution is 0.609. The van der Waals surface area contributed by atoms with Crippen LogP contribution in [0, 0.1) is 0 Å². The zero-order valence-electron chi connectivity index (χ0n) is 10.7. The standard InChI is InChI=1S/C14H17N3S/c1-9(2)13-11-7-15-5-3-12(11)16-14(17-13)10-4-6-18-8-10/h4,6,8-9,15H,3,5,7H2,1-2H3. The first-order chi connectivity index (χ1) is 8.75. The van der Waals surface area contributed by atoms with E-state index >= 15 is 0 Å². The molecule has 3 heterocycles. The Kier molecular flexibility index (Phi) is 3.14. The van der Waals surface area contributed by atoms with Crippen molar-refractivity contribution in [3.05, 3.63) is 33.8 Å². The number of nitrogens with one attached hydrogen (secondary N) is 1. The summed E-state index contributed by atoms with van der Waals surface area (Å²) in [6, 6.07) is 2.09. The molecule has 0 fully saturated rings. The van der Waals surface area contributed by atoms with Crippen molar-refractivity contribution < 1.29 is 0 Å². The molecule has 2 aromatic heterocycles. The molecular formula is C14H17N3S. The second-order valence-electron chi connectivity index (χ2n) is 4.95. The van der Waals surface area contributed by atoms with Crippen LogP contribution in [0.15, 0.2) is 16.8 Å². The highest BCUT2D eigenvalue weighted by molar-refractivity contribution is 7.08. The minimum Gasteiger partial charge on any atom is -0.312 e. The van der Waals surface area contributed by atoms with Crippen LogP contribution < -0.4 is 5.32 Å². The van der Waals surface area contributed by atoms with Crippen molar-refractivity contribution in [2.45, 2.75) is 32.7 Å². The second kappa shape index (κ2) is 4.78. The summed E-state index contributed by atoms with van der Waals surface area (Å²) in [5.41, 5.74) is 4.89. The summed E-state index contributed by atoms with van der Waals surface area (Å²) in [7, 11) is 0. The molecule has 3 rings (SSSR count). The van der Waals surface area contributed by atoms with Gasteiger partial charge in [0.05, 0.1) is 11.4 Å². The average molecular weight is 259 g/mol. The van der Waals surface area contributed by atoms with E-state index in [1.165, 1.54) is 17.0 Å². The molecule has 0 unspecified atom stereocenters. The highest BCUT2D eigenvalue weighted by Gasteiger charge is 2.19. The first-order valence-electron chi connectivity index (χ1n) is 6.38.